The Morgan fingerprint density at radius 2 is 2.13 bits per heavy atom. The fraction of sp³-hybridized carbons (Fsp3) is 0.471. The van der Waals surface area contributed by atoms with E-state index in [0.717, 1.165) is 24.4 Å². The van der Waals surface area contributed by atoms with E-state index in [2.05, 4.69) is 36.3 Å². The van der Waals surface area contributed by atoms with Gasteiger partial charge in [-0.3, -0.25) is 14.2 Å². The van der Waals surface area contributed by atoms with E-state index >= 15 is 0 Å². The Bertz CT molecular complexity index is 703. The van der Waals surface area contributed by atoms with Crippen LogP contribution in [0.4, 0.5) is 5.82 Å². The number of hydrogen-bond acceptors (Lipinski definition) is 3. The molecule has 0 aliphatic heterocycles. The molecule has 124 valence electrons. The summed E-state index contributed by atoms with van der Waals surface area (Å²) in [5.41, 5.74) is 2.04. The van der Waals surface area contributed by atoms with Crippen molar-refractivity contribution in [2.45, 2.75) is 40.7 Å². The van der Waals surface area contributed by atoms with Gasteiger partial charge in [0.05, 0.1) is 11.4 Å². The minimum absolute atomic E-state index is 0.161. The van der Waals surface area contributed by atoms with Crippen molar-refractivity contribution in [1.82, 2.24) is 19.6 Å². The van der Waals surface area contributed by atoms with E-state index in [9.17, 15) is 4.79 Å². The lowest BCUT2D eigenvalue weighted by Gasteiger charge is -2.15. The molecule has 0 aliphatic rings. The normalized spacial score (nSPS) is 12.0. The van der Waals surface area contributed by atoms with Gasteiger partial charge in [0.25, 0.3) is 0 Å². The van der Waals surface area contributed by atoms with Crippen molar-refractivity contribution in [3.05, 3.63) is 35.8 Å². The van der Waals surface area contributed by atoms with Gasteiger partial charge < -0.3 is 5.32 Å². The molecule has 2 heterocycles. The third kappa shape index (κ3) is 4.81. The van der Waals surface area contributed by atoms with Crippen LogP contribution in [0.25, 0.3) is 6.08 Å². The first-order valence-corrected chi connectivity index (χ1v) is 7.82. The molecular weight excluding hydrogens is 290 g/mol. The van der Waals surface area contributed by atoms with E-state index in [1.54, 1.807) is 17.0 Å². The molecule has 6 nitrogen and oxygen atoms in total. The summed E-state index contributed by atoms with van der Waals surface area (Å²) >= 11 is 0. The number of nitrogens with one attached hydrogen (secondary N) is 1. The summed E-state index contributed by atoms with van der Waals surface area (Å²) in [6.07, 6.45) is 5.86. The lowest BCUT2D eigenvalue weighted by molar-refractivity contribution is -0.111. The zero-order valence-electron chi connectivity index (χ0n) is 14.5. The highest BCUT2D eigenvalue weighted by Crippen LogP contribution is 2.21. The highest BCUT2D eigenvalue weighted by molar-refractivity contribution is 6.01. The first-order chi connectivity index (χ1) is 10.8. The number of rotatable bonds is 5. The summed E-state index contributed by atoms with van der Waals surface area (Å²) in [4.78, 5) is 12.1. The van der Waals surface area contributed by atoms with Crippen molar-refractivity contribution >= 4 is 17.8 Å². The van der Waals surface area contributed by atoms with Crippen molar-refractivity contribution in [2.75, 3.05) is 5.32 Å². The second-order valence-electron chi connectivity index (χ2n) is 6.78. The van der Waals surface area contributed by atoms with Crippen LogP contribution >= 0.6 is 0 Å². The zero-order valence-corrected chi connectivity index (χ0v) is 14.5. The first kappa shape index (κ1) is 17.0. The lowest BCUT2D eigenvalue weighted by atomic mass is 9.91. The quantitative estimate of drug-likeness (QED) is 0.863. The molecule has 0 saturated carbocycles. The minimum Gasteiger partial charge on any atom is -0.307 e. The molecule has 2 aromatic rings. The Hall–Kier alpha value is -2.37. The van der Waals surface area contributed by atoms with Crippen molar-refractivity contribution in [2.24, 2.45) is 12.5 Å². The van der Waals surface area contributed by atoms with Crippen LogP contribution < -0.4 is 5.32 Å². The maximum Gasteiger partial charge on any atom is 0.249 e. The molecule has 0 atom stereocenters. The Morgan fingerprint density at radius 3 is 2.78 bits per heavy atom. The number of hydrogen-bond donors (Lipinski definition) is 1. The lowest BCUT2D eigenvalue weighted by Crippen LogP contribution is -2.11. The fourth-order valence-corrected chi connectivity index (χ4v) is 2.35. The van der Waals surface area contributed by atoms with E-state index in [1.807, 2.05) is 30.8 Å². The minimum atomic E-state index is -0.181. The van der Waals surface area contributed by atoms with E-state index in [-0.39, 0.29) is 11.3 Å². The molecular formula is C17H25N5O. The Balaban J connectivity index is 2.03. The molecule has 1 N–H and O–H groups in total. The molecule has 0 saturated heterocycles. The van der Waals surface area contributed by atoms with Gasteiger partial charge in [0.2, 0.25) is 5.91 Å². The molecule has 23 heavy (non-hydrogen) atoms. The molecule has 0 spiro atoms. The highest BCUT2D eigenvalue weighted by Gasteiger charge is 2.15. The van der Waals surface area contributed by atoms with Crippen LogP contribution in [-0.2, 0) is 24.8 Å². The van der Waals surface area contributed by atoms with Crippen LogP contribution in [0, 0.1) is 5.41 Å². The predicted molar refractivity (Wildman–Crippen MR) is 91.9 cm³/mol. The summed E-state index contributed by atoms with van der Waals surface area (Å²) in [5, 5.41) is 11.5. The number of carbonyl (C=O) groups is 1. The summed E-state index contributed by atoms with van der Waals surface area (Å²) in [7, 11) is 1.83. The molecule has 2 rings (SSSR count). The van der Waals surface area contributed by atoms with Crippen LogP contribution in [0.15, 0.2) is 24.4 Å². The first-order valence-electron chi connectivity index (χ1n) is 7.82. The standard InChI is InChI=1S/C17H25N5O/c1-6-22-14(9-10-18-22)7-8-16(23)19-15-11-13(20-21(15)5)12-17(2,3)4/h7-11H,6,12H2,1-5H3,(H,19,23). The molecule has 0 unspecified atom stereocenters. The van der Waals surface area contributed by atoms with Crippen molar-refractivity contribution in [3.63, 3.8) is 0 Å². The molecule has 0 aromatic carbocycles. The fourth-order valence-electron chi connectivity index (χ4n) is 2.35. The molecule has 6 heteroatoms. The average molecular weight is 315 g/mol. The van der Waals surface area contributed by atoms with Gasteiger partial charge in [-0.25, -0.2) is 0 Å². The van der Waals surface area contributed by atoms with E-state index in [4.69, 9.17) is 0 Å². The van der Waals surface area contributed by atoms with Gasteiger partial charge in [0, 0.05) is 31.9 Å². The summed E-state index contributed by atoms with van der Waals surface area (Å²) in [6, 6.07) is 3.80. The molecule has 1 amide bonds. The van der Waals surface area contributed by atoms with Crippen LogP contribution in [-0.4, -0.2) is 25.5 Å². The number of nitrogens with zero attached hydrogens (tertiary/aromatic N) is 4. The monoisotopic (exact) mass is 315 g/mol. The molecule has 2 aromatic heterocycles. The Kier molecular flexibility index (Phi) is 5.03. The zero-order chi connectivity index (χ0) is 17.0. The van der Waals surface area contributed by atoms with E-state index < -0.39 is 0 Å². The van der Waals surface area contributed by atoms with Gasteiger partial charge in [-0.05, 0) is 30.9 Å². The molecule has 0 radical (unpaired) electrons. The van der Waals surface area contributed by atoms with Crippen LogP contribution in [0.1, 0.15) is 39.1 Å². The molecule has 0 fully saturated rings. The van der Waals surface area contributed by atoms with Crippen LogP contribution in [0.2, 0.25) is 0 Å². The third-order valence-corrected chi connectivity index (χ3v) is 3.35. The number of amides is 1. The van der Waals surface area contributed by atoms with Gasteiger partial charge in [0.15, 0.2) is 0 Å². The van der Waals surface area contributed by atoms with E-state index in [0.29, 0.717) is 5.82 Å². The van der Waals surface area contributed by atoms with Crippen molar-refractivity contribution < 1.29 is 4.79 Å². The molecule has 0 bridgehead atoms. The van der Waals surface area contributed by atoms with Gasteiger partial charge in [-0.1, -0.05) is 20.8 Å². The maximum atomic E-state index is 12.1. The second-order valence-corrected chi connectivity index (χ2v) is 6.78. The smallest absolute Gasteiger partial charge is 0.249 e. The topological polar surface area (TPSA) is 64.7 Å². The average Bonchev–Trinajstić information content (AvgIpc) is 3.01. The largest absolute Gasteiger partial charge is 0.307 e. The molecule has 0 aliphatic carbocycles. The van der Waals surface area contributed by atoms with Crippen molar-refractivity contribution in [3.8, 4) is 0 Å². The third-order valence-electron chi connectivity index (χ3n) is 3.35. The second kappa shape index (κ2) is 6.81. The summed E-state index contributed by atoms with van der Waals surface area (Å²) < 4.78 is 3.53. The van der Waals surface area contributed by atoms with Crippen LogP contribution in [0.5, 0.6) is 0 Å². The number of aryl methyl sites for hydroxylation is 2. The Morgan fingerprint density at radius 1 is 1.39 bits per heavy atom. The highest BCUT2D eigenvalue weighted by atomic mass is 16.1. The SMILES string of the molecule is CCn1nccc1C=CC(=O)Nc1cc(CC(C)(C)C)nn1C. The van der Waals surface area contributed by atoms with E-state index in [1.165, 1.54) is 6.08 Å². The van der Waals surface area contributed by atoms with Gasteiger partial charge >= 0.3 is 0 Å². The van der Waals surface area contributed by atoms with Gasteiger partial charge in [0.1, 0.15) is 5.82 Å². The summed E-state index contributed by atoms with van der Waals surface area (Å²) in [5.74, 6) is 0.516. The van der Waals surface area contributed by atoms with Crippen LogP contribution in [0.3, 0.4) is 0 Å². The number of anilines is 1. The Labute approximate surface area is 137 Å². The predicted octanol–water partition coefficient (Wildman–Crippen LogP) is 2.88. The number of aromatic nitrogens is 4. The van der Waals surface area contributed by atoms with Crippen molar-refractivity contribution in [1.29, 1.82) is 0 Å². The van der Waals surface area contributed by atoms with Gasteiger partial charge in [-0.15, -0.1) is 0 Å². The maximum absolute atomic E-state index is 12.1. The van der Waals surface area contributed by atoms with Gasteiger partial charge in [-0.2, -0.15) is 10.2 Å². The number of carbonyl (C=O) groups excluding carboxylic acids is 1. The summed E-state index contributed by atoms with van der Waals surface area (Å²) in [6.45, 7) is 9.28.